The molecule has 0 radical (unpaired) electrons. The SMILES string of the molecule is O=C1C=CC(=O)CC=CC1. The van der Waals surface area contributed by atoms with E-state index in [2.05, 4.69) is 0 Å². The van der Waals surface area contributed by atoms with E-state index in [1.807, 2.05) is 0 Å². The lowest BCUT2D eigenvalue weighted by molar-refractivity contribution is -0.116. The van der Waals surface area contributed by atoms with Crippen LogP contribution < -0.4 is 0 Å². The molecule has 0 bridgehead atoms. The van der Waals surface area contributed by atoms with Crippen molar-refractivity contribution in [2.24, 2.45) is 0 Å². The number of allylic oxidation sites excluding steroid dienone is 4. The maximum Gasteiger partial charge on any atom is 0.159 e. The molecule has 0 aromatic rings. The quantitative estimate of drug-likeness (QED) is 0.466. The molecule has 2 nitrogen and oxygen atoms in total. The van der Waals surface area contributed by atoms with E-state index in [9.17, 15) is 9.59 Å². The van der Waals surface area contributed by atoms with Crippen LogP contribution in [0.15, 0.2) is 24.3 Å². The van der Waals surface area contributed by atoms with E-state index in [1.165, 1.54) is 12.2 Å². The molecule has 0 spiro atoms. The maximum absolute atomic E-state index is 10.7. The first kappa shape index (κ1) is 6.93. The molecule has 1 rings (SSSR count). The molecule has 0 heterocycles. The van der Waals surface area contributed by atoms with E-state index in [-0.39, 0.29) is 11.6 Å². The summed E-state index contributed by atoms with van der Waals surface area (Å²) in [6, 6.07) is 0. The molecule has 0 saturated carbocycles. The normalized spacial score (nSPS) is 18.8. The summed E-state index contributed by atoms with van der Waals surface area (Å²) < 4.78 is 0. The molecule has 0 aromatic carbocycles. The predicted octanol–water partition coefficient (Wildman–Crippen LogP) is 1.03. The lowest BCUT2D eigenvalue weighted by Gasteiger charge is -1.92. The molecule has 0 unspecified atom stereocenters. The Hall–Kier alpha value is -1.18. The number of ketones is 2. The molecular formula is C8H8O2. The average molecular weight is 136 g/mol. The zero-order valence-corrected chi connectivity index (χ0v) is 5.54. The molecule has 52 valence electrons. The third kappa shape index (κ3) is 1.97. The number of carbonyl (C=O) groups is 2. The van der Waals surface area contributed by atoms with Gasteiger partial charge in [0.25, 0.3) is 0 Å². The average Bonchev–Trinajstić information content (AvgIpc) is 1.90. The van der Waals surface area contributed by atoms with E-state index in [1.54, 1.807) is 12.2 Å². The second kappa shape index (κ2) is 3.11. The highest BCUT2D eigenvalue weighted by Gasteiger charge is 1.99. The van der Waals surface area contributed by atoms with Gasteiger partial charge in [-0.3, -0.25) is 9.59 Å². The smallest absolute Gasteiger partial charge is 0.159 e. The van der Waals surface area contributed by atoms with Gasteiger partial charge in [0.1, 0.15) is 0 Å². The minimum absolute atomic E-state index is 0.00991. The topological polar surface area (TPSA) is 34.1 Å². The third-order valence-corrected chi connectivity index (χ3v) is 1.26. The van der Waals surface area contributed by atoms with Crippen LogP contribution in [0.3, 0.4) is 0 Å². The fourth-order valence-electron chi connectivity index (χ4n) is 0.721. The van der Waals surface area contributed by atoms with Crippen LogP contribution in [-0.2, 0) is 9.59 Å². The summed E-state index contributed by atoms with van der Waals surface area (Å²) in [5.41, 5.74) is 0. The Bertz CT molecular complexity index is 189. The van der Waals surface area contributed by atoms with Gasteiger partial charge < -0.3 is 0 Å². The van der Waals surface area contributed by atoms with E-state index >= 15 is 0 Å². The molecule has 0 aromatic heterocycles. The number of rotatable bonds is 0. The van der Waals surface area contributed by atoms with E-state index in [0.717, 1.165) is 0 Å². The van der Waals surface area contributed by atoms with Crippen molar-refractivity contribution >= 4 is 11.6 Å². The number of hydrogen-bond donors (Lipinski definition) is 0. The van der Waals surface area contributed by atoms with E-state index < -0.39 is 0 Å². The second-order valence-corrected chi connectivity index (χ2v) is 2.15. The Balaban J connectivity index is 2.68. The van der Waals surface area contributed by atoms with Gasteiger partial charge in [-0.25, -0.2) is 0 Å². The van der Waals surface area contributed by atoms with Crippen molar-refractivity contribution in [3.8, 4) is 0 Å². The zero-order chi connectivity index (χ0) is 7.40. The molecule has 0 saturated heterocycles. The lowest BCUT2D eigenvalue weighted by Crippen LogP contribution is -1.97. The Morgan fingerprint density at radius 1 is 0.900 bits per heavy atom. The first-order chi connectivity index (χ1) is 4.79. The Morgan fingerprint density at radius 3 is 1.70 bits per heavy atom. The summed E-state index contributed by atoms with van der Waals surface area (Å²) in [4.78, 5) is 21.4. The van der Waals surface area contributed by atoms with Crippen molar-refractivity contribution in [2.75, 3.05) is 0 Å². The molecular weight excluding hydrogens is 128 g/mol. The Kier molecular flexibility index (Phi) is 2.15. The second-order valence-electron chi connectivity index (χ2n) is 2.15. The highest BCUT2D eigenvalue weighted by Crippen LogP contribution is 1.97. The van der Waals surface area contributed by atoms with Crippen molar-refractivity contribution < 1.29 is 9.59 Å². The van der Waals surface area contributed by atoms with E-state index in [0.29, 0.717) is 12.8 Å². The first-order valence-corrected chi connectivity index (χ1v) is 3.18. The first-order valence-electron chi connectivity index (χ1n) is 3.18. The van der Waals surface area contributed by atoms with Gasteiger partial charge >= 0.3 is 0 Å². The van der Waals surface area contributed by atoms with Crippen molar-refractivity contribution in [2.45, 2.75) is 12.8 Å². The van der Waals surface area contributed by atoms with E-state index in [4.69, 9.17) is 0 Å². The van der Waals surface area contributed by atoms with Crippen LogP contribution in [0.1, 0.15) is 12.8 Å². The lowest BCUT2D eigenvalue weighted by atomic mass is 10.1. The van der Waals surface area contributed by atoms with Crippen molar-refractivity contribution in [1.29, 1.82) is 0 Å². The molecule has 0 N–H and O–H groups in total. The molecule has 0 fully saturated rings. The van der Waals surface area contributed by atoms with Gasteiger partial charge in [-0.1, -0.05) is 12.2 Å². The Morgan fingerprint density at radius 2 is 1.30 bits per heavy atom. The van der Waals surface area contributed by atoms with Gasteiger partial charge in [-0.05, 0) is 12.2 Å². The minimum atomic E-state index is -0.00991. The van der Waals surface area contributed by atoms with Crippen molar-refractivity contribution in [1.82, 2.24) is 0 Å². The summed E-state index contributed by atoms with van der Waals surface area (Å²) in [6.07, 6.45) is 6.97. The summed E-state index contributed by atoms with van der Waals surface area (Å²) in [5.74, 6) is -0.0198. The summed E-state index contributed by atoms with van der Waals surface area (Å²) >= 11 is 0. The van der Waals surface area contributed by atoms with Crippen molar-refractivity contribution in [3.63, 3.8) is 0 Å². The third-order valence-electron chi connectivity index (χ3n) is 1.26. The van der Waals surface area contributed by atoms with Gasteiger partial charge in [0.2, 0.25) is 0 Å². The monoisotopic (exact) mass is 136 g/mol. The number of hydrogen-bond acceptors (Lipinski definition) is 2. The fourth-order valence-corrected chi connectivity index (χ4v) is 0.721. The van der Waals surface area contributed by atoms with Crippen LogP contribution in [0.4, 0.5) is 0 Å². The van der Waals surface area contributed by atoms with Crippen LogP contribution in [0.2, 0.25) is 0 Å². The summed E-state index contributed by atoms with van der Waals surface area (Å²) in [6.45, 7) is 0. The van der Waals surface area contributed by atoms with Crippen LogP contribution >= 0.6 is 0 Å². The molecule has 0 amide bonds. The minimum Gasteiger partial charge on any atom is -0.295 e. The highest BCUT2D eigenvalue weighted by atomic mass is 16.1. The van der Waals surface area contributed by atoms with Crippen LogP contribution in [0.5, 0.6) is 0 Å². The van der Waals surface area contributed by atoms with Crippen LogP contribution in [-0.4, -0.2) is 11.6 Å². The largest absolute Gasteiger partial charge is 0.295 e. The van der Waals surface area contributed by atoms with Gasteiger partial charge in [-0.15, -0.1) is 0 Å². The summed E-state index contributed by atoms with van der Waals surface area (Å²) in [5, 5.41) is 0. The molecule has 1 aliphatic carbocycles. The fraction of sp³-hybridized carbons (Fsp3) is 0.250. The van der Waals surface area contributed by atoms with Crippen LogP contribution in [0, 0.1) is 0 Å². The predicted molar refractivity (Wildman–Crippen MR) is 37.5 cm³/mol. The molecule has 1 aliphatic rings. The van der Waals surface area contributed by atoms with Gasteiger partial charge in [0.15, 0.2) is 11.6 Å². The number of carbonyl (C=O) groups excluding carboxylic acids is 2. The molecule has 10 heavy (non-hydrogen) atoms. The van der Waals surface area contributed by atoms with Crippen LogP contribution in [0.25, 0.3) is 0 Å². The maximum atomic E-state index is 10.7. The Labute approximate surface area is 59.2 Å². The van der Waals surface area contributed by atoms with Gasteiger partial charge in [0.05, 0.1) is 0 Å². The van der Waals surface area contributed by atoms with Gasteiger partial charge in [0, 0.05) is 12.8 Å². The molecule has 0 atom stereocenters. The molecule has 2 heteroatoms. The summed E-state index contributed by atoms with van der Waals surface area (Å²) in [7, 11) is 0. The standard InChI is InChI=1S/C8H8O2/c9-7-3-1-2-4-8(10)6-5-7/h1-2,5-6H,3-4H2. The van der Waals surface area contributed by atoms with Gasteiger partial charge in [-0.2, -0.15) is 0 Å². The molecule has 0 aliphatic heterocycles. The van der Waals surface area contributed by atoms with Crippen molar-refractivity contribution in [3.05, 3.63) is 24.3 Å². The highest BCUT2D eigenvalue weighted by molar-refractivity contribution is 6.00. The zero-order valence-electron chi connectivity index (χ0n) is 5.54.